The lowest BCUT2D eigenvalue weighted by molar-refractivity contribution is 0.291. The van der Waals surface area contributed by atoms with E-state index in [-0.39, 0.29) is 5.82 Å². The first-order valence-electron chi connectivity index (χ1n) is 5.32. The summed E-state index contributed by atoms with van der Waals surface area (Å²) in [7, 11) is 0. The van der Waals surface area contributed by atoms with Crippen LogP contribution in [0.3, 0.4) is 0 Å². The van der Waals surface area contributed by atoms with E-state index in [1.54, 1.807) is 18.2 Å². The zero-order chi connectivity index (χ0) is 11.1. The van der Waals surface area contributed by atoms with Gasteiger partial charge in [0.25, 0.3) is 0 Å². The SMILES string of the molecule is C=Cc1ccc(OCCCCC)c(F)c1. The number of ether oxygens (including phenoxy) is 1. The summed E-state index contributed by atoms with van der Waals surface area (Å²) in [6, 6.07) is 4.88. The molecule has 0 amide bonds. The number of unbranched alkanes of at least 4 members (excludes halogenated alkanes) is 2. The van der Waals surface area contributed by atoms with E-state index in [9.17, 15) is 4.39 Å². The third-order valence-electron chi connectivity index (χ3n) is 2.20. The molecular formula is C13H17FO. The van der Waals surface area contributed by atoms with Crippen LogP contribution in [0.25, 0.3) is 6.08 Å². The minimum absolute atomic E-state index is 0.316. The Bertz CT molecular complexity index is 320. The molecule has 0 spiro atoms. The average Bonchev–Trinajstić information content (AvgIpc) is 2.26. The monoisotopic (exact) mass is 208 g/mol. The maximum absolute atomic E-state index is 13.4. The van der Waals surface area contributed by atoms with Gasteiger partial charge in [-0.15, -0.1) is 0 Å². The normalized spacial score (nSPS) is 10.0. The lowest BCUT2D eigenvalue weighted by Gasteiger charge is -2.07. The molecule has 0 saturated carbocycles. The molecule has 0 saturated heterocycles. The summed E-state index contributed by atoms with van der Waals surface area (Å²) in [6.07, 6.45) is 4.84. The number of halogens is 1. The second kappa shape index (κ2) is 6.23. The highest BCUT2D eigenvalue weighted by molar-refractivity contribution is 5.48. The molecule has 2 heteroatoms. The Morgan fingerprint density at radius 2 is 2.20 bits per heavy atom. The minimum Gasteiger partial charge on any atom is -0.491 e. The molecule has 0 N–H and O–H groups in total. The molecule has 0 bridgehead atoms. The van der Waals surface area contributed by atoms with Gasteiger partial charge in [-0.3, -0.25) is 0 Å². The molecule has 1 rings (SSSR count). The molecule has 15 heavy (non-hydrogen) atoms. The van der Waals surface area contributed by atoms with E-state index < -0.39 is 0 Å². The van der Waals surface area contributed by atoms with Crippen molar-refractivity contribution >= 4 is 6.08 Å². The Labute approximate surface area is 90.6 Å². The molecule has 0 fully saturated rings. The summed E-state index contributed by atoms with van der Waals surface area (Å²) in [4.78, 5) is 0. The van der Waals surface area contributed by atoms with Gasteiger partial charge in [0.05, 0.1) is 6.61 Å². The van der Waals surface area contributed by atoms with Crippen molar-refractivity contribution < 1.29 is 9.13 Å². The molecule has 0 atom stereocenters. The fourth-order valence-electron chi connectivity index (χ4n) is 1.30. The number of benzene rings is 1. The van der Waals surface area contributed by atoms with E-state index in [0.29, 0.717) is 12.4 Å². The van der Waals surface area contributed by atoms with Crippen molar-refractivity contribution in [2.45, 2.75) is 26.2 Å². The zero-order valence-electron chi connectivity index (χ0n) is 9.13. The molecule has 1 nitrogen and oxygen atoms in total. The fraction of sp³-hybridized carbons (Fsp3) is 0.385. The van der Waals surface area contributed by atoms with Gasteiger partial charge in [-0.05, 0) is 24.1 Å². The van der Waals surface area contributed by atoms with Crippen molar-refractivity contribution in [2.24, 2.45) is 0 Å². The lowest BCUT2D eigenvalue weighted by atomic mass is 10.2. The highest BCUT2D eigenvalue weighted by atomic mass is 19.1. The van der Waals surface area contributed by atoms with Crippen molar-refractivity contribution in [2.75, 3.05) is 6.61 Å². The van der Waals surface area contributed by atoms with Gasteiger partial charge < -0.3 is 4.74 Å². The number of hydrogen-bond acceptors (Lipinski definition) is 1. The summed E-state index contributed by atoms with van der Waals surface area (Å²) in [5.74, 6) is 0.0144. The minimum atomic E-state index is -0.316. The highest BCUT2D eigenvalue weighted by Crippen LogP contribution is 2.19. The third-order valence-corrected chi connectivity index (χ3v) is 2.20. The van der Waals surface area contributed by atoms with Crippen LogP contribution in [0, 0.1) is 5.82 Å². The average molecular weight is 208 g/mol. The summed E-state index contributed by atoms with van der Waals surface area (Å²) >= 11 is 0. The van der Waals surface area contributed by atoms with Crippen LogP contribution >= 0.6 is 0 Å². The van der Waals surface area contributed by atoms with Gasteiger partial charge >= 0.3 is 0 Å². The van der Waals surface area contributed by atoms with Gasteiger partial charge in [0, 0.05) is 0 Å². The van der Waals surface area contributed by atoms with Gasteiger partial charge in [0.15, 0.2) is 11.6 Å². The molecule has 82 valence electrons. The van der Waals surface area contributed by atoms with E-state index in [4.69, 9.17) is 4.74 Å². The molecule has 0 aliphatic heterocycles. The number of rotatable bonds is 6. The molecular weight excluding hydrogens is 191 g/mol. The first kappa shape index (κ1) is 11.8. The zero-order valence-corrected chi connectivity index (χ0v) is 9.13. The predicted molar refractivity (Wildman–Crippen MR) is 61.5 cm³/mol. The van der Waals surface area contributed by atoms with E-state index in [1.165, 1.54) is 6.07 Å². The summed E-state index contributed by atoms with van der Waals surface area (Å²) in [5, 5.41) is 0. The van der Waals surface area contributed by atoms with Crippen LogP contribution in [0.1, 0.15) is 31.7 Å². The first-order valence-corrected chi connectivity index (χ1v) is 5.32. The second-order valence-corrected chi connectivity index (χ2v) is 3.45. The predicted octanol–water partition coefficient (Wildman–Crippen LogP) is 4.04. The van der Waals surface area contributed by atoms with Crippen molar-refractivity contribution in [1.82, 2.24) is 0 Å². The second-order valence-electron chi connectivity index (χ2n) is 3.45. The molecule has 0 heterocycles. The summed E-state index contributed by atoms with van der Waals surface area (Å²) in [5.41, 5.74) is 0.772. The Morgan fingerprint density at radius 3 is 2.80 bits per heavy atom. The number of hydrogen-bond donors (Lipinski definition) is 0. The van der Waals surface area contributed by atoms with Gasteiger partial charge in [-0.2, -0.15) is 0 Å². The Hall–Kier alpha value is -1.31. The quantitative estimate of drug-likeness (QED) is 0.641. The largest absolute Gasteiger partial charge is 0.491 e. The molecule has 1 aromatic carbocycles. The van der Waals surface area contributed by atoms with Crippen LogP contribution in [0.2, 0.25) is 0 Å². The molecule has 0 aliphatic carbocycles. The third kappa shape index (κ3) is 3.74. The highest BCUT2D eigenvalue weighted by Gasteiger charge is 2.02. The lowest BCUT2D eigenvalue weighted by Crippen LogP contribution is -1.99. The van der Waals surface area contributed by atoms with Gasteiger partial charge in [0.1, 0.15) is 0 Å². The maximum Gasteiger partial charge on any atom is 0.165 e. The molecule has 0 unspecified atom stereocenters. The summed E-state index contributed by atoms with van der Waals surface area (Å²) < 4.78 is 18.7. The standard InChI is InChI=1S/C13H17FO/c1-3-5-6-9-15-13-8-7-11(4-2)10-12(13)14/h4,7-8,10H,2-3,5-6,9H2,1H3. The van der Waals surface area contributed by atoms with Crippen LogP contribution < -0.4 is 4.74 Å². The maximum atomic E-state index is 13.4. The van der Waals surface area contributed by atoms with Gasteiger partial charge in [-0.1, -0.05) is 38.5 Å². The first-order chi connectivity index (χ1) is 7.27. The van der Waals surface area contributed by atoms with Crippen molar-refractivity contribution in [3.63, 3.8) is 0 Å². The Morgan fingerprint density at radius 1 is 1.40 bits per heavy atom. The van der Waals surface area contributed by atoms with E-state index >= 15 is 0 Å². The van der Waals surface area contributed by atoms with Crippen LogP contribution in [-0.2, 0) is 0 Å². The smallest absolute Gasteiger partial charge is 0.165 e. The Balaban J connectivity index is 2.50. The molecule has 1 aromatic rings. The van der Waals surface area contributed by atoms with Crippen molar-refractivity contribution in [3.8, 4) is 5.75 Å². The van der Waals surface area contributed by atoms with E-state index in [1.807, 2.05) is 0 Å². The molecule has 0 aliphatic rings. The topological polar surface area (TPSA) is 9.23 Å². The van der Waals surface area contributed by atoms with E-state index in [2.05, 4.69) is 13.5 Å². The van der Waals surface area contributed by atoms with Crippen molar-refractivity contribution in [3.05, 3.63) is 36.2 Å². The fourth-order valence-corrected chi connectivity index (χ4v) is 1.30. The van der Waals surface area contributed by atoms with Gasteiger partial charge in [0.2, 0.25) is 0 Å². The molecule has 0 radical (unpaired) electrons. The Kier molecular flexibility index (Phi) is 4.88. The van der Waals surface area contributed by atoms with Gasteiger partial charge in [-0.25, -0.2) is 4.39 Å². The van der Waals surface area contributed by atoms with Crippen LogP contribution in [0.15, 0.2) is 24.8 Å². The van der Waals surface area contributed by atoms with E-state index in [0.717, 1.165) is 24.8 Å². The molecule has 0 aromatic heterocycles. The van der Waals surface area contributed by atoms with Crippen LogP contribution in [0.4, 0.5) is 4.39 Å². The van der Waals surface area contributed by atoms with Crippen LogP contribution in [-0.4, -0.2) is 6.61 Å². The van der Waals surface area contributed by atoms with Crippen molar-refractivity contribution in [1.29, 1.82) is 0 Å². The van der Waals surface area contributed by atoms with Crippen LogP contribution in [0.5, 0.6) is 5.75 Å². The summed E-state index contributed by atoms with van der Waals surface area (Å²) in [6.45, 7) is 6.29.